The van der Waals surface area contributed by atoms with Crippen LogP contribution in [0, 0.1) is 40.9 Å². The Bertz CT molecular complexity index is 1340. The predicted molar refractivity (Wildman–Crippen MR) is 171 cm³/mol. The number of hydrogen-bond acceptors (Lipinski definition) is 0. The highest BCUT2D eigenvalue weighted by atomic mass is 14.7. The summed E-state index contributed by atoms with van der Waals surface area (Å²) in [5.41, 5.74) is 9.45. The van der Waals surface area contributed by atoms with Gasteiger partial charge in [0.25, 0.3) is 0 Å². The van der Waals surface area contributed by atoms with Gasteiger partial charge in [0.2, 0.25) is 0 Å². The first kappa shape index (κ1) is 25.1. The standard InChI is InChI=1S/C40H46/c1-5-26-9-27(6-2)16-35(15-26)38-19-32-12-33(20-38)22-39(21-32,25-38)37-34-13-30-11-31(14-34)24-40(37,23-30)36-17-28(7-3)10-29(8-4)18-36/h5-10,15-18,30-34,37H,1-4,11-14,19-25H2. The van der Waals surface area contributed by atoms with Crippen LogP contribution in [0.5, 0.6) is 0 Å². The first-order valence-electron chi connectivity index (χ1n) is 16.2. The Morgan fingerprint density at radius 1 is 0.525 bits per heavy atom. The highest BCUT2D eigenvalue weighted by Crippen LogP contribution is 2.76. The fraction of sp³-hybridized carbons (Fsp3) is 0.500. The van der Waals surface area contributed by atoms with E-state index in [9.17, 15) is 0 Å². The first-order chi connectivity index (χ1) is 19.4. The molecule has 0 heterocycles. The fourth-order valence-corrected chi connectivity index (χ4v) is 13.0. The molecule has 40 heavy (non-hydrogen) atoms. The lowest BCUT2D eigenvalue weighted by Crippen LogP contribution is -2.65. The maximum Gasteiger partial charge on any atom is -0.000512 e. The van der Waals surface area contributed by atoms with Gasteiger partial charge in [-0.1, -0.05) is 74.9 Å². The molecule has 5 unspecified atom stereocenters. The minimum Gasteiger partial charge on any atom is -0.0985 e. The Labute approximate surface area is 242 Å². The van der Waals surface area contributed by atoms with Crippen molar-refractivity contribution in [3.05, 3.63) is 96.1 Å². The van der Waals surface area contributed by atoms with Crippen molar-refractivity contribution in [3.63, 3.8) is 0 Å². The van der Waals surface area contributed by atoms with Crippen LogP contribution >= 0.6 is 0 Å². The summed E-state index contributed by atoms with van der Waals surface area (Å²) in [4.78, 5) is 0. The molecule has 0 amide bonds. The Hall–Kier alpha value is -2.60. The van der Waals surface area contributed by atoms with Crippen LogP contribution in [0.25, 0.3) is 24.3 Å². The van der Waals surface area contributed by atoms with Crippen LogP contribution in [-0.4, -0.2) is 0 Å². The van der Waals surface area contributed by atoms with Gasteiger partial charge in [-0.3, -0.25) is 0 Å². The van der Waals surface area contributed by atoms with E-state index in [0.717, 1.165) is 35.5 Å². The van der Waals surface area contributed by atoms with Crippen LogP contribution in [0.4, 0.5) is 0 Å². The monoisotopic (exact) mass is 526 g/mol. The van der Waals surface area contributed by atoms with Crippen LogP contribution in [0.2, 0.25) is 0 Å². The molecule has 5 atom stereocenters. The molecule has 10 rings (SSSR count). The van der Waals surface area contributed by atoms with Crippen molar-refractivity contribution in [2.24, 2.45) is 40.9 Å². The highest BCUT2D eigenvalue weighted by molar-refractivity contribution is 5.60. The van der Waals surface area contributed by atoms with E-state index < -0.39 is 0 Å². The van der Waals surface area contributed by atoms with Gasteiger partial charge >= 0.3 is 0 Å². The van der Waals surface area contributed by atoms with Crippen molar-refractivity contribution >= 4 is 24.3 Å². The summed E-state index contributed by atoms with van der Waals surface area (Å²) in [5, 5.41) is 0. The Kier molecular flexibility index (Phi) is 5.47. The third kappa shape index (κ3) is 3.50. The van der Waals surface area contributed by atoms with Crippen molar-refractivity contribution in [1.82, 2.24) is 0 Å². The zero-order chi connectivity index (χ0) is 27.3. The van der Waals surface area contributed by atoms with Gasteiger partial charge in [-0.2, -0.15) is 0 Å². The minimum absolute atomic E-state index is 0.325. The first-order valence-corrected chi connectivity index (χ1v) is 16.2. The molecule has 2 aromatic rings. The van der Waals surface area contributed by atoms with Crippen LogP contribution in [-0.2, 0) is 10.8 Å². The third-order valence-electron chi connectivity index (χ3n) is 13.2. The highest BCUT2D eigenvalue weighted by Gasteiger charge is 2.68. The van der Waals surface area contributed by atoms with Gasteiger partial charge in [0.05, 0.1) is 0 Å². The molecule has 8 saturated carbocycles. The summed E-state index contributed by atoms with van der Waals surface area (Å²) < 4.78 is 0. The molecule has 0 nitrogen and oxygen atoms in total. The number of hydrogen-bond donors (Lipinski definition) is 0. The van der Waals surface area contributed by atoms with Gasteiger partial charge in [0.1, 0.15) is 0 Å². The van der Waals surface area contributed by atoms with Crippen LogP contribution in [0.15, 0.2) is 62.7 Å². The maximum atomic E-state index is 4.19. The summed E-state index contributed by atoms with van der Waals surface area (Å²) >= 11 is 0. The van der Waals surface area contributed by atoms with Crippen molar-refractivity contribution in [2.45, 2.75) is 81.5 Å². The second kappa shape index (κ2) is 8.70. The van der Waals surface area contributed by atoms with Gasteiger partial charge in [0, 0.05) is 0 Å². The lowest BCUT2D eigenvalue weighted by atomic mass is 9.32. The van der Waals surface area contributed by atoms with E-state index in [-0.39, 0.29) is 0 Å². The lowest BCUT2D eigenvalue weighted by molar-refractivity contribution is -0.186. The van der Waals surface area contributed by atoms with E-state index >= 15 is 0 Å². The summed E-state index contributed by atoms with van der Waals surface area (Å²) in [6.07, 6.45) is 24.2. The maximum absolute atomic E-state index is 4.19. The van der Waals surface area contributed by atoms with Crippen LogP contribution < -0.4 is 0 Å². The largest absolute Gasteiger partial charge is 0.0985 e. The summed E-state index contributed by atoms with van der Waals surface area (Å²) in [5.74, 6) is 5.35. The molecular weight excluding hydrogens is 480 g/mol. The Morgan fingerprint density at radius 2 is 1.00 bits per heavy atom. The number of benzene rings is 2. The number of rotatable bonds is 7. The molecule has 0 aliphatic heterocycles. The lowest BCUT2D eigenvalue weighted by Gasteiger charge is -2.72. The molecule has 0 heteroatoms. The molecule has 0 spiro atoms. The summed E-state index contributed by atoms with van der Waals surface area (Å²) in [7, 11) is 0. The summed E-state index contributed by atoms with van der Waals surface area (Å²) in [6, 6.07) is 14.6. The van der Waals surface area contributed by atoms with Crippen molar-refractivity contribution in [3.8, 4) is 0 Å². The van der Waals surface area contributed by atoms with E-state index in [4.69, 9.17) is 0 Å². The molecule has 0 N–H and O–H groups in total. The van der Waals surface area contributed by atoms with E-state index in [2.05, 4.69) is 74.9 Å². The van der Waals surface area contributed by atoms with Crippen molar-refractivity contribution in [1.29, 1.82) is 0 Å². The normalized spacial score (nSPS) is 42.1. The van der Waals surface area contributed by atoms with Crippen molar-refractivity contribution < 1.29 is 0 Å². The van der Waals surface area contributed by atoms with Crippen LogP contribution in [0.1, 0.15) is 104 Å². The second-order valence-electron chi connectivity index (χ2n) is 15.4. The Balaban J connectivity index is 1.29. The van der Waals surface area contributed by atoms with E-state index in [1.165, 1.54) is 92.9 Å². The van der Waals surface area contributed by atoms with E-state index in [0.29, 0.717) is 16.2 Å². The molecule has 0 aromatic heterocycles. The third-order valence-corrected chi connectivity index (χ3v) is 13.2. The smallest absolute Gasteiger partial charge is 0.000512 e. The SMILES string of the molecule is C=Cc1cc(C=C)cc(C23CC4CC(C2)CC(C2C5CC6CC(C5)CC2(c2cc(C=C)cc(C=C)c2)C6)(C4)C3)c1. The molecular formula is C40H46. The summed E-state index contributed by atoms with van der Waals surface area (Å²) in [6.45, 7) is 16.7. The van der Waals surface area contributed by atoms with Crippen LogP contribution in [0.3, 0.4) is 0 Å². The van der Waals surface area contributed by atoms with Crippen molar-refractivity contribution in [2.75, 3.05) is 0 Å². The van der Waals surface area contributed by atoms with Gasteiger partial charge in [0.15, 0.2) is 0 Å². The average Bonchev–Trinajstić information content (AvgIpc) is 2.95. The zero-order valence-corrected chi connectivity index (χ0v) is 24.3. The molecule has 0 radical (unpaired) electrons. The minimum atomic E-state index is 0.325. The molecule has 0 saturated heterocycles. The quantitative estimate of drug-likeness (QED) is 0.336. The zero-order valence-electron chi connectivity index (χ0n) is 24.3. The average molecular weight is 527 g/mol. The molecule has 2 aromatic carbocycles. The Morgan fingerprint density at radius 3 is 1.50 bits per heavy atom. The van der Waals surface area contributed by atoms with Gasteiger partial charge in [-0.25, -0.2) is 0 Å². The van der Waals surface area contributed by atoms with Gasteiger partial charge < -0.3 is 0 Å². The molecule has 8 bridgehead atoms. The molecule has 8 aliphatic rings. The predicted octanol–water partition coefficient (Wildman–Crippen LogP) is 10.5. The van der Waals surface area contributed by atoms with Gasteiger partial charge in [-0.05, 0) is 168 Å². The van der Waals surface area contributed by atoms with E-state index in [1.807, 2.05) is 12.2 Å². The van der Waals surface area contributed by atoms with E-state index in [1.54, 1.807) is 11.1 Å². The second-order valence-corrected chi connectivity index (χ2v) is 15.4. The topological polar surface area (TPSA) is 0 Å². The molecule has 8 aliphatic carbocycles. The molecule has 206 valence electrons. The molecule has 8 fully saturated rings. The fourth-order valence-electron chi connectivity index (χ4n) is 13.0. The van der Waals surface area contributed by atoms with Gasteiger partial charge in [-0.15, -0.1) is 0 Å².